The van der Waals surface area contributed by atoms with Gasteiger partial charge in [-0.05, 0) is 80.8 Å². The first-order valence-corrected chi connectivity index (χ1v) is 8.43. The molecule has 0 aliphatic carbocycles. The van der Waals surface area contributed by atoms with E-state index in [2.05, 4.69) is 62.9 Å². The van der Waals surface area contributed by atoms with Crippen molar-refractivity contribution in [2.75, 3.05) is 6.54 Å². The molecule has 0 saturated heterocycles. The highest BCUT2D eigenvalue weighted by Gasteiger charge is 2.16. The van der Waals surface area contributed by atoms with Crippen LogP contribution in [-0.2, 0) is 0 Å². The predicted octanol–water partition coefficient (Wildman–Crippen LogP) is 5.28. The standard InChI is InChI=1S/C16H16BrFIN/c1-2-9-20-16(12-5-3-4-6-15(12)19)11-7-8-14(18)13(17)10-11/h3-8,10,16,20H,2,9H2,1H3. The summed E-state index contributed by atoms with van der Waals surface area (Å²) in [5, 5.41) is 3.54. The Labute approximate surface area is 141 Å². The topological polar surface area (TPSA) is 12.0 Å². The second-order valence-corrected chi connectivity index (χ2v) is 6.60. The van der Waals surface area contributed by atoms with Gasteiger partial charge in [0.1, 0.15) is 5.82 Å². The molecule has 0 aliphatic heterocycles. The van der Waals surface area contributed by atoms with Crippen LogP contribution in [0.3, 0.4) is 0 Å². The van der Waals surface area contributed by atoms with Crippen molar-refractivity contribution in [3.05, 3.63) is 67.5 Å². The van der Waals surface area contributed by atoms with E-state index in [1.165, 1.54) is 15.2 Å². The normalized spacial score (nSPS) is 12.4. The SMILES string of the molecule is CCCNC(c1ccc(F)c(Br)c1)c1ccccc1I. The summed E-state index contributed by atoms with van der Waals surface area (Å²) in [4.78, 5) is 0. The summed E-state index contributed by atoms with van der Waals surface area (Å²) in [7, 11) is 0. The summed E-state index contributed by atoms with van der Waals surface area (Å²) in [6, 6.07) is 13.6. The van der Waals surface area contributed by atoms with Crippen molar-refractivity contribution >= 4 is 38.5 Å². The quantitative estimate of drug-likeness (QED) is 0.614. The van der Waals surface area contributed by atoms with Crippen molar-refractivity contribution in [1.29, 1.82) is 0 Å². The summed E-state index contributed by atoms with van der Waals surface area (Å²) in [5.41, 5.74) is 2.29. The zero-order valence-electron chi connectivity index (χ0n) is 11.2. The zero-order chi connectivity index (χ0) is 14.5. The largest absolute Gasteiger partial charge is 0.306 e. The Morgan fingerprint density at radius 1 is 1.25 bits per heavy atom. The first-order valence-electron chi connectivity index (χ1n) is 6.56. The van der Waals surface area contributed by atoms with Gasteiger partial charge in [-0.15, -0.1) is 0 Å². The van der Waals surface area contributed by atoms with Crippen LogP contribution in [0.2, 0.25) is 0 Å². The molecule has 0 amide bonds. The van der Waals surface area contributed by atoms with Gasteiger partial charge in [-0.25, -0.2) is 4.39 Å². The Bertz CT molecular complexity index is 588. The fourth-order valence-electron chi connectivity index (χ4n) is 2.10. The lowest BCUT2D eigenvalue weighted by Gasteiger charge is -2.21. The van der Waals surface area contributed by atoms with Gasteiger partial charge in [0.25, 0.3) is 0 Å². The van der Waals surface area contributed by atoms with E-state index in [0.717, 1.165) is 18.5 Å². The summed E-state index contributed by atoms with van der Waals surface area (Å²) < 4.78 is 15.1. The second-order valence-electron chi connectivity index (χ2n) is 4.58. The Hall–Kier alpha value is -0.460. The highest BCUT2D eigenvalue weighted by Crippen LogP contribution is 2.29. The molecule has 0 spiro atoms. The van der Waals surface area contributed by atoms with Crippen LogP contribution in [0.4, 0.5) is 4.39 Å². The van der Waals surface area contributed by atoms with Gasteiger partial charge in [0.15, 0.2) is 0 Å². The summed E-state index contributed by atoms with van der Waals surface area (Å²) in [6.07, 6.45) is 1.06. The number of hydrogen-bond acceptors (Lipinski definition) is 1. The first-order chi connectivity index (χ1) is 9.63. The van der Waals surface area contributed by atoms with E-state index in [-0.39, 0.29) is 11.9 Å². The Morgan fingerprint density at radius 3 is 2.65 bits per heavy atom. The third kappa shape index (κ3) is 3.80. The zero-order valence-corrected chi connectivity index (χ0v) is 14.9. The van der Waals surface area contributed by atoms with E-state index in [1.54, 1.807) is 0 Å². The van der Waals surface area contributed by atoms with Crippen molar-refractivity contribution in [3.63, 3.8) is 0 Å². The average Bonchev–Trinajstić information content (AvgIpc) is 2.44. The van der Waals surface area contributed by atoms with Gasteiger partial charge < -0.3 is 5.32 Å². The molecule has 106 valence electrons. The first kappa shape index (κ1) is 15.9. The highest BCUT2D eigenvalue weighted by atomic mass is 127. The van der Waals surface area contributed by atoms with Crippen LogP contribution >= 0.6 is 38.5 Å². The molecule has 1 atom stereocenters. The second kappa shape index (κ2) is 7.52. The van der Waals surface area contributed by atoms with E-state index in [9.17, 15) is 4.39 Å². The lowest BCUT2D eigenvalue weighted by atomic mass is 9.98. The van der Waals surface area contributed by atoms with Gasteiger partial charge in [0.2, 0.25) is 0 Å². The molecule has 0 heterocycles. The number of nitrogens with one attached hydrogen (secondary N) is 1. The maximum absolute atomic E-state index is 13.4. The minimum absolute atomic E-state index is 0.0833. The van der Waals surface area contributed by atoms with Gasteiger partial charge in [-0.2, -0.15) is 0 Å². The molecule has 0 aromatic heterocycles. The fourth-order valence-corrected chi connectivity index (χ4v) is 3.19. The molecule has 2 rings (SSSR count). The van der Waals surface area contributed by atoms with Crippen molar-refractivity contribution in [2.24, 2.45) is 0 Å². The highest BCUT2D eigenvalue weighted by molar-refractivity contribution is 14.1. The lowest BCUT2D eigenvalue weighted by molar-refractivity contribution is 0.589. The van der Waals surface area contributed by atoms with Crippen LogP contribution in [0.15, 0.2) is 46.9 Å². The number of hydrogen-bond donors (Lipinski definition) is 1. The van der Waals surface area contributed by atoms with Crippen molar-refractivity contribution in [1.82, 2.24) is 5.32 Å². The molecule has 0 saturated carbocycles. The summed E-state index contributed by atoms with van der Waals surface area (Å²) in [5.74, 6) is -0.231. The molecular weight excluding hydrogens is 432 g/mol. The van der Waals surface area contributed by atoms with E-state index >= 15 is 0 Å². The smallest absolute Gasteiger partial charge is 0.137 e. The van der Waals surface area contributed by atoms with Crippen LogP contribution < -0.4 is 5.32 Å². The lowest BCUT2D eigenvalue weighted by Crippen LogP contribution is -2.24. The van der Waals surface area contributed by atoms with Crippen LogP contribution in [-0.4, -0.2) is 6.54 Å². The molecule has 0 radical (unpaired) electrons. The molecule has 20 heavy (non-hydrogen) atoms. The van der Waals surface area contributed by atoms with Gasteiger partial charge in [-0.3, -0.25) is 0 Å². The van der Waals surface area contributed by atoms with Gasteiger partial charge in [0, 0.05) is 3.57 Å². The predicted molar refractivity (Wildman–Crippen MR) is 93.4 cm³/mol. The molecule has 2 aromatic carbocycles. The summed E-state index contributed by atoms with van der Waals surface area (Å²) >= 11 is 5.61. The molecule has 2 aromatic rings. The maximum Gasteiger partial charge on any atom is 0.137 e. The molecule has 0 bridgehead atoms. The molecular formula is C16H16BrFIN. The third-order valence-electron chi connectivity index (χ3n) is 3.09. The molecule has 1 unspecified atom stereocenters. The Morgan fingerprint density at radius 2 is 2.00 bits per heavy atom. The van der Waals surface area contributed by atoms with Crippen molar-refractivity contribution in [3.8, 4) is 0 Å². The minimum Gasteiger partial charge on any atom is -0.306 e. The van der Waals surface area contributed by atoms with E-state index in [4.69, 9.17) is 0 Å². The Kier molecular flexibility index (Phi) is 5.99. The molecule has 4 heteroatoms. The number of benzene rings is 2. The van der Waals surface area contributed by atoms with E-state index in [0.29, 0.717) is 4.47 Å². The van der Waals surface area contributed by atoms with Crippen LogP contribution in [0.1, 0.15) is 30.5 Å². The fraction of sp³-hybridized carbons (Fsp3) is 0.250. The van der Waals surface area contributed by atoms with Crippen LogP contribution in [0.25, 0.3) is 0 Å². The van der Waals surface area contributed by atoms with Crippen molar-refractivity contribution < 1.29 is 4.39 Å². The number of halogens is 3. The van der Waals surface area contributed by atoms with Crippen molar-refractivity contribution in [2.45, 2.75) is 19.4 Å². The minimum atomic E-state index is -0.231. The van der Waals surface area contributed by atoms with E-state index < -0.39 is 0 Å². The Balaban J connectivity index is 2.41. The maximum atomic E-state index is 13.4. The van der Waals surface area contributed by atoms with E-state index in [1.807, 2.05) is 24.3 Å². The monoisotopic (exact) mass is 447 g/mol. The molecule has 1 N–H and O–H groups in total. The van der Waals surface area contributed by atoms with Gasteiger partial charge >= 0.3 is 0 Å². The molecule has 0 aliphatic rings. The average molecular weight is 448 g/mol. The van der Waals surface area contributed by atoms with Gasteiger partial charge in [-0.1, -0.05) is 31.2 Å². The van der Waals surface area contributed by atoms with Gasteiger partial charge in [0.05, 0.1) is 10.5 Å². The third-order valence-corrected chi connectivity index (χ3v) is 4.68. The number of rotatable bonds is 5. The summed E-state index contributed by atoms with van der Waals surface area (Å²) in [6.45, 7) is 3.06. The van der Waals surface area contributed by atoms with Crippen LogP contribution in [0, 0.1) is 9.39 Å². The van der Waals surface area contributed by atoms with Crippen LogP contribution in [0.5, 0.6) is 0 Å². The molecule has 0 fully saturated rings. The molecule has 1 nitrogen and oxygen atoms in total.